The van der Waals surface area contributed by atoms with Gasteiger partial charge in [-0.05, 0) is 30.9 Å². The van der Waals surface area contributed by atoms with E-state index in [1.807, 2.05) is 23.1 Å². The quantitative estimate of drug-likeness (QED) is 0.620. The molecule has 6 nitrogen and oxygen atoms in total. The number of benzene rings is 1. The number of piperidine rings is 1. The number of nitrogens with one attached hydrogen (secondary N) is 3. The number of amides is 2. The molecule has 7 heteroatoms. The molecule has 2 aliphatic heterocycles. The zero-order valence-electron chi connectivity index (χ0n) is 16.1. The number of quaternary nitrogens is 2. The standard InChI is InChI=1S/C20H29ClN4O2/c1-16-5-4-8-25(13-16)20(27)15-24-11-9-23(10-12-24)14-19(26)22-18-7-3-2-6-17(18)21/h2-3,6-7,16H,4-5,8-15H2,1H3,(H,22,26)/p+2/t16-/m0/s1. The minimum absolute atomic E-state index is 0.0140. The molecule has 1 atom stereocenters. The molecule has 2 aliphatic rings. The summed E-state index contributed by atoms with van der Waals surface area (Å²) < 4.78 is 0. The molecule has 0 aromatic heterocycles. The highest BCUT2D eigenvalue weighted by atomic mass is 35.5. The lowest BCUT2D eigenvalue weighted by atomic mass is 10.0. The van der Waals surface area contributed by atoms with Gasteiger partial charge in [0, 0.05) is 13.1 Å². The van der Waals surface area contributed by atoms with E-state index >= 15 is 0 Å². The van der Waals surface area contributed by atoms with Crippen molar-refractivity contribution in [1.29, 1.82) is 0 Å². The third kappa shape index (κ3) is 5.92. The van der Waals surface area contributed by atoms with Gasteiger partial charge in [0.15, 0.2) is 13.1 Å². The fourth-order valence-electron chi connectivity index (χ4n) is 4.04. The summed E-state index contributed by atoms with van der Waals surface area (Å²) in [6, 6.07) is 7.28. The fourth-order valence-corrected chi connectivity index (χ4v) is 4.22. The summed E-state index contributed by atoms with van der Waals surface area (Å²) in [4.78, 5) is 29.4. The maximum atomic E-state index is 12.5. The van der Waals surface area contributed by atoms with Crippen molar-refractivity contribution in [1.82, 2.24) is 4.90 Å². The summed E-state index contributed by atoms with van der Waals surface area (Å²) in [5.41, 5.74) is 0.661. The maximum absolute atomic E-state index is 12.5. The van der Waals surface area contributed by atoms with E-state index in [0.717, 1.165) is 45.7 Å². The number of likely N-dealkylation sites (tertiary alicyclic amines) is 1. The van der Waals surface area contributed by atoms with Crippen molar-refractivity contribution in [2.24, 2.45) is 5.92 Å². The van der Waals surface area contributed by atoms with Crippen LogP contribution in [-0.2, 0) is 9.59 Å². The monoisotopic (exact) mass is 394 g/mol. The van der Waals surface area contributed by atoms with E-state index in [4.69, 9.17) is 11.6 Å². The lowest BCUT2D eigenvalue weighted by Gasteiger charge is -2.33. The first-order chi connectivity index (χ1) is 13.0. The molecule has 2 amide bonds. The molecule has 0 aliphatic carbocycles. The van der Waals surface area contributed by atoms with Crippen molar-refractivity contribution >= 4 is 29.1 Å². The second-order valence-electron chi connectivity index (χ2n) is 7.97. The number of rotatable bonds is 5. The van der Waals surface area contributed by atoms with E-state index in [0.29, 0.717) is 29.7 Å². The van der Waals surface area contributed by atoms with Gasteiger partial charge in [0.2, 0.25) is 0 Å². The van der Waals surface area contributed by atoms with Crippen molar-refractivity contribution in [2.75, 3.05) is 57.7 Å². The number of carbonyl (C=O) groups is 2. The highest BCUT2D eigenvalue weighted by Gasteiger charge is 2.29. The van der Waals surface area contributed by atoms with Crippen molar-refractivity contribution in [3.05, 3.63) is 29.3 Å². The van der Waals surface area contributed by atoms with E-state index in [2.05, 4.69) is 12.2 Å². The summed E-state index contributed by atoms with van der Waals surface area (Å²) in [5.74, 6) is 0.895. The zero-order chi connectivity index (χ0) is 19.2. The normalized spacial score (nSPS) is 25.9. The molecule has 148 valence electrons. The number of hydrogen-bond acceptors (Lipinski definition) is 2. The van der Waals surface area contributed by atoms with Crippen LogP contribution in [0.4, 0.5) is 5.69 Å². The molecule has 2 saturated heterocycles. The Kier molecular flexibility index (Phi) is 7.10. The largest absolute Gasteiger partial charge is 0.338 e. The van der Waals surface area contributed by atoms with Crippen molar-refractivity contribution in [2.45, 2.75) is 19.8 Å². The Hall–Kier alpha value is -1.63. The molecule has 0 bridgehead atoms. The summed E-state index contributed by atoms with van der Waals surface area (Å²) in [6.45, 7) is 8.77. The van der Waals surface area contributed by atoms with Crippen LogP contribution >= 0.6 is 11.6 Å². The molecule has 3 N–H and O–H groups in total. The predicted octanol–water partition coefficient (Wildman–Crippen LogP) is -0.680. The molecule has 3 rings (SSSR count). The second-order valence-corrected chi connectivity index (χ2v) is 8.38. The average molecular weight is 395 g/mol. The van der Waals surface area contributed by atoms with Crippen LogP contribution in [0.15, 0.2) is 24.3 Å². The van der Waals surface area contributed by atoms with Crippen LogP contribution in [-0.4, -0.2) is 69.1 Å². The van der Waals surface area contributed by atoms with E-state index in [1.165, 1.54) is 16.2 Å². The van der Waals surface area contributed by atoms with Gasteiger partial charge in [0.1, 0.15) is 26.2 Å². The number of carbonyl (C=O) groups excluding carboxylic acids is 2. The van der Waals surface area contributed by atoms with Crippen LogP contribution in [0.3, 0.4) is 0 Å². The Morgan fingerprint density at radius 1 is 1.15 bits per heavy atom. The van der Waals surface area contributed by atoms with Crippen LogP contribution in [0.1, 0.15) is 19.8 Å². The van der Waals surface area contributed by atoms with Gasteiger partial charge in [0.25, 0.3) is 11.8 Å². The van der Waals surface area contributed by atoms with Crippen molar-refractivity contribution in [3.63, 3.8) is 0 Å². The minimum atomic E-state index is -0.0140. The Balaban J connectivity index is 1.39. The minimum Gasteiger partial charge on any atom is -0.338 e. The summed E-state index contributed by atoms with van der Waals surface area (Å²) >= 11 is 6.09. The molecular weight excluding hydrogens is 364 g/mol. The molecule has 0 unspecified atom stereocenters. The number of piperazine rings is 1. The van der Waals surface area contributed by atoms with E-state index in [9.17, 15) is 9.59 Å². The van der Waals surface area contributed by atoms with Crippen molar-refractivity contribution < 1.29 is 19.4 Å². The Labute approximate surface area is 166 Å². The number of halogens is 1. The number of para-hydroxylation sites is 1. The molecule has 0 saturated carbocycles. The first-order valence-electron chi connectivity index (χ1n) is 10.0. The van der Waals surface area contributed by atoms with Gasteiger partial charge >= 0.3 is 0 Å². The zero-order valence-corrected chi connectivity index (χ0v) is 16.9. The lowest BCUT2D eigenvalue weighted by Crippen LogP contribution is -3.28. The van der Waals surface area contributed by atoms with Crippen LogP contribution in [0.2, 0.25) is 5.02 Å². The Bertz CT molecular complexity index is 661. The van der Waals surface area contributed by atoms with Crippen LogP contribution < -0.4 is 15.1 Å². The van der Waals surface area contributed by atoms with Crippen LogP contribution in [0.5, 0.6) is 0 Å². The average Bonchev–Trinajstić information content (AvgIpc) is 2.65. The molecule has 27 heavy (non-hydrogen) atoms. The topological polar surface area (TPSA) is 58.3 Å². The lowest BCUT2D eigenvalue weighted by molar-refractivity contribution is -1.00. The molecule has 0 spiro atoms. The van der Waals surface area contributed by atoms with Gasteiger partial charge in [-0.1, -0.05) is 30.7 Å². The smallest absolute Gasteiger partial charge is 0.279 e. The highest BCUT2D eigenvalue weighted by Crippen LogP contribution is 2.19. The third-order valence-electron chi connectivity index (χ3n) is 5.63. The third-order valence-corrected chi connectivity index (χ3v) is 5.96. The molecular formula is C20H31ClN4O2+2. The molecule has 1 aromatic carbocycles. The second kappa shape index (κ2) is 9.53. The number of nitrogens with zero attached hydrogens (tertiary/aromatic N) is 1. The predicted molar refractivity (Wildman–Crippen MR) is 106 cm³/mol. The van der Waals surface area contributed by atoms with Crippen LogP contribution in [0, 0.1) is 5.92 Å². The van der Waals surface area contributed by atoms with Gasteiger partial charge in [-0.25, -0.2) is 0 Å². The number of anilines is 1. The SMILES string of the molecule is C[C@H]1CCCN(C(=O)C[NH+]2CC[NH+](CC(=O)Nc3ccccc3Cl)CC2)C1. The fraction of sp³-hybridized carbons (Fsp3) is 0.600. The summed E-state index contributed by atoms with van der Waals surface area (Å²) in [6.07, 6.45) is 2.36. The van der Waals surface area contributed by atoms with Crippen molar-refractivity contribution in [3.8, 4) is 0 Å². The van der Waals surface area contributed by atoms with E-state index < -0.39 is 0 Å². The first kappa shape index (κ1) is 20.1. The summed E-state index contributed by atoms with van der Waals surface area (Å²) in [7, 11) is 0. The molecule has 0 radical (unpaired) electrons. The maximum Gasteiger partial charge on any atom is 0.279 e. The Morgan fingerprint density at radius 2 is 1.81 bits per heavy atom. The molecule has 1 aromatic rings. The summed E-state index contributed by atoms with van der Waals surface area (Å²) in [5, 5.41) is 3.44. The van der Waals surface area contributed by atoms with Crippen LogP contribution in [0.25, 0.3) is 0 Å². The number of hydrogen-bond donors (Lipinski definition) is 3. The molecule has 2 fully saturated rings. The van der Waals surface area contributed by atoms with Gasteiger partial charge < -0.3 is 20.0 Å². The van der Waals surface area contributed by atoms with Gasteiger partial charge in [-0.3, -0.25) is 9.59 Å². The van der Waals surface area contributed by atoms with Gasteiger partial charge in [-0.15, -0.1) is 0 Å². The van der Waals surface area contributed by atoms with Gasteiger partial charge in [0.05, 0.1) is 10.7 Å². The van der Waals surface area contributed by atoms with E-state index in [-0.39, 0.29) is 11.8 Å². The van der Waals surface area contributed by atoms with Gasteiger partial charge in [-0.2, -0.15) is 0 Å². The molecule has 2 heterocycles. The Morgan fingerprint density at radius 3 is 2.48 bits per heavy atom. The van der Waals surface area contributed by atoms with E-state index in [1.54, 1.807) is 6.07 Å². The first-order valence-corrected chi connectivity index (χ1v) is 10.4. The highest BCUT2D eigenvalue weighted by molar-refractivity contribution is 6.33.